The number of amides is 2. The fourth-order valence-corrected chi connectivity index (χ4v) is 3.93. The van der Waals surface area contributed by atoms with Crippen LogP contribution < -0.4 is 5.32 Å². The Hall–Kier alpha value is -2.70. The van der Waals surface area contributed by atoms with E-state index in [1.807, 2.05) is 42.2 Å². The monoisotopic (exact) mass is 394 g/mol. The highest BCUT2D eigenvalue weighted by molar-refractivity contribution is 6.05. The molecule has 0 aromatic heterocycles. The zero-order valence-corrected chi connectivity index (χ0v) is 16.6. The van der Waals surface area contributed by atoms with Crippen molar-refractivity contribution in [1.29, 1.82) is 0 Å². The van der Waals surface area contributed by atoms with Crippen LogP contribution >= 0.6 is 0 Å². The molecular formula is C23H26N2O4. The molecule has 29 heavy (non-hydrogen) atoms. The summed E-state index contributed by atoms with van der Waals surface area (Å²) in [5.74, 6) is -0.245. The van der Waals surface area contributed by atoms with E-state index in [4.69, 9.17) is 9.47 Å². The molecule has 2 fully saturated rings. The lowest BCUT2D eigenvalue weighted by atomic mass is 9.99. The molecule has 6 nitrogen and oxygen atoms in total. The maximum atomic E-state index is 13.3. The molecule has 0 radical (unpaired) electrons. The van der Waals surface area contributed by atoms with Gasteiger partial charge in [0, 0.05) is 23.4 Å². The summed E-state index contributed by atoms with van der Waals surface area (Å²) in [5.41, 5.74) is 2.69. The minimum Gasteiger partial charge on any atom is -0.348 e. The second kappa shape index (κ2) is 8.76. The van der Waals surface area contributed by atoms with E-state index in [0.29, 0.717) is 36.6 Å². The number of ether oxygens (including phenoxy) is 2. The van der Waals surface area contributed by atoms with Crippen molar-refractivity contribution in [2.45, 2.75) is 38.5 Å². The van der Waals surface area contributed by atoms with Gasteiger partial charge in [0.1, 0.15) is 0 Å². The van der Waals surface area contributed by atoms with Gasteiger partial charge in [-0.15, -0.1) is 0 Å². The lowest BCUT2D eigenvalue weighted by Crippen LogP contribution is -2.50. The predicted molar refractivity (Wildman–Crippen MR) is 110 cm³/mol. The summed E-state index contributed by atoms with van der Waals surface area (Å²) in [6.45, 7) is 3.75. The molecular weight excluding hydrogens is 368 g/mol. The van der Waals surface area contributed by atoms with Crippen LogP contribution in [0, 0.1) is 6.92 Å². The first kappa shape index (κ1) is 19.6. The molecule has 0 spiro atoms. The van der Waals surface area contributed by atoms with Crippen LogP contribution in [0.5, 0.6) is 0 Å². The molecule has 1 atom stereocenters. The second-order valence-corrected chi connectivity index (χ2v) is 7.52. The third-order valence-corrected chi connectivity index (χ3v) is 5.54. The Morgan fingerprint density at radius 1 is 1.00 bits per heavy atom. The Balaban J connectivity index is 1.54. The Labute approximate surface area is 170 Å². The smallest absolute Gasteiger partial charge is 0.255 e. The third kappa shape index (κ3) is 4.33. The molecule has 1 N–H and O–H groups in total. The number of hydrogen-bond acceptors (Lipinski definition) is 4. The van der Waals surface area contributed by atoms with Crippen molar-refractivity contribution in [2.24, 2.45) is 0 Å². The van der Waals surface area contributed by atoms with Crippen LogP contribution in [0.3, 0.4) is 0 Å². The van der Waals surface area contributed by atoms with E-state index in [0.717, 1.165) is 24.8 Å². The van der Waals surface area contributed by atoms with E-state index in [1.54, 1.807) is 18.2 Å². The number of carbonyl (C=O) groups excluding carboxylic acids is 2. The van der Waals surface area contributed by atoms with Gasteiger partial charge in [-0.1, -0.05) is 24.3 Å². The number of nitrogens with zero attached hydrogens (tertiary/aromatic N) is 1. The van der Waals surface area contributed by atoms with E-state index in [2.05, 4.69) is 5.32 Å². The first-order chi connectivity index (χ1) is 14.1. The average molecular weight is 394 g/mol. The van der Waals surface area contributed by atoms with Gasteiger partial charge in [0.2, 0.25) is 0 Å². The van der Waals surface area contributed by atoms with Crippen LogP contribution in [0.4, 0.5) is 5.69 Å². The van der Waals surface area contributed by atoms with Gasteiger partial charge in [0.15, 0.2) is 6.29 Å². The van der Waals surface area contributed by atoms with Crippen LogP contribution in [-0.2, 0) is 9.47 Å². The van der Waals surface area contributed by atoms with Crippen molar-refractivity contribution in [2.75, 3.05) is 25.1 Å². The van der Waals surface area contributed by atoms with Crippen LogP contribution in [0.15, 0.2) is 48.5 Å². The third-order valence-electron chi connectivity index (χ3n) is 5.54. The van der Waals surface area contributed by atoms with Crippen molar-refractivity contribution in [1.82, 2.24) is 4.90 Å². The topological polar surface area (TPSA) is 67.9 Å². The molecule has 0 aliphatic carbocycles. The van der Waals surface area contributed by atoms with Crippen molar-refractivity contribution in [3.63, 3.8) is 0 Å². The molecule has 0 saturated carbocycles. The Bertz CT molecular complexity index is 878. The summed E-state index contributed by atoms with van der Waals surface area (Å²) in [6, 6.07) is 14.4. The first-order valence-electron chi connectivity index (χ1n) is 10.1. The molecule has 152 valence electrons. The maximum absolute atomic E-state index is 13.3. The van der Waals surface area contributed by atoms with E-state index >= 15 is 0 Å². The molecule has 4 rings (SSSR count). The molecule has 2 heterocycles. The highest BCUT2D eigenvalue weighted by Crippen LogP contribution is 2.27. The van der Waals surface area contributed by atoms with E-state index in [-0.39, 0.29) is 24.1 Å². The number of benzene rings is 2. The van der Waals surface area contributed by atoms with E-state index in [1.165, 1.54) is 0 Å². The lowest BCUT2D eigenvalue weighted by molar-refractivity contribution is -0.100. The number of carbonyl (C=O) groups is 2. The SMILES string of the molecule is Cc1ccc(C(=O)N2CCCC[C@@H]2C2OCCO2)cc1NC(=O)c1ccccc1. The van der Waals surface area contributed by atoms with Crippen LogP contribution in [-0.4, -0.2) is 48.8 Å². The summed E-state index contributed by atoms with van der Waals surface area (Å²) >= 11 is 0. The maximum Gasteiger partial charge on any atom is 0.255 e. The number of piperidine rings is 1. The molecule has 2 amide bonds. The summed E-state index contributed by atoms with van der Waals surface area (Å²) in [6.07, 6.45) is 2.56. The van der Waals surface area contributed by atoms with E-state index in [9.17, 15) is 9.59 Å². The van der Waals surface area contributed by atoms with Gasteiger partial charge in [0.25, 0.3) is 11.8 Å². The Kier molecular flexibility index (Phi) is 5.92. The van der Waals surface area contributed by atoms with Gasteiger partial charge in [-0.2, -0.15) is 0 Å². The fraction of sp³-hybridized carbons (Fsp3) is 0.391. The van der Waals surface area contributed by atoms with Gasteiger partial charge in [-0.05, 0) is 56.0 Å². The number of nitrogens with one attached hydrogen (secondary N) is 1. The fourth-order valence-electron chi connectivity index (χ4n) is 3.93. The highest BCUT2D eigenvalue weighted by Gasteiger charge is 2.36. The number of hydrogen-bond donors (Lipinski definition) is 1. The quantitative estimate of drug-likeness (QED) is 0.860. The number of likely N-dealkylation sites (tertiary alicyclic amines) is 1. The zero-order valence-electron chi connectivity index (χ0n) is 16.6. The van der Waals surface area contributed by atoms with Gasteiger partial charge < -0.3 is 19.7 Å². The highest BCUT2D eigenvalue weighted by atomic mass is 16.7. The largest absolute Gasteiger partial charge is 0.348 e. The van der Waals surface area contributed by atoms with Crippen LogP contribution in [0.2, 0.25) is 0 Å². The van der Waals surface area contributed by atoms with E-state index < -0.39 is 0 Å². The van der Waals surface area contributed by atoms with Crippen LogP contribution in [0.1, 0.15) is 45.5 Å². The molecule has 2 aromatic rings. The first-order valence-corrected chi connectivity index (χ1v) is 10.1. The normalized spacial score (nSPS) is 19.9. The standard InChI is InChI=1S/C23H26N2O4/c1-16-10-11-18(15-19(16)24-21(26)17-7-3-2-4-8-17)22(27)25-12-6-5-9-20(25)23-28-13-14-29-23/h2-4,7-8,10-11,15,20,23H,5-6,9,12-14H2,1H3,(H,24,26)/t20-/m1/s1. The molecule has 2 aliphatic heterocycles. The van der Waals surface area contributed by atoms with Crippen molar-refractivity contribution >= 4 is 17.5 Å². The molecule has 2 saturated heterocycles. The van der Waals surface area contributed by atoms with Crippen molar-refractivity contribution in [3.05, 3.63) is 65.2 Å². The van der Waals surface area contributed by atoms with Gasteiger partial charge in [0.05, 0.1) is 19.3 Å². The summed E-state index contributed by atoms with van der Waals surface area (Å²) in [4.78, 5) is 27.7. The van der Waals surface area contributed by atoms with Gasteiger partial charge in [-0.25, -0.2) is 0 Å². The minimum absolute atomic E-state index is 0.0518. The molecule has 2 aliphatic rings. The van der Waals surface area contributed by atoms with Crippen molar-refractivity contribution in [3.8, 4) is 0 Å². The zero-order chi connectivity index (χ0) is 20.2. The Morgan fingerprint density at radius 2 is 1.76 bits per heavy atom. The Morgan fingerprint density at radius 3 is 2.52 bits per heavy atom. The number of aryl methyl sites for hydroxylation is 1. The molecule has 0 bridgehead atoms. The van der Waals surface area contributed by atoms with Gasteiger partial charge >= 0.3 is 0 Å². The minimum atomic E-state index is -0.345. The number of rotatable bonds is 4. The molecule has 0 unspecified atom stereocenters. The van der Waals surface area contributed by atoms with Crippen molar-refractivity contribution < 1.29 is 19.1 Å². The summed E-state index contributed by atoms with van der Waals surface area (Å²) < 4.78 is 11.4. The number of anilines is 1. The molecule has 2 aromatic carbocycles. The van der Waals surface area contributed by atoms with Gasteiger partial charge in [-0.3, -0.25) is 9.59 Å². The summed E-state index contributed by atoms with van der Waals surface area (Å²) in [7, 11) is 0. The second-order valence-electron chi connectivity index (χ2n) is 7.52. The average Bonchev–Trinajstić information content (AvgIpc) is 3.30. The lowest BCUT2D eigenvalue weighted by Gasteiger charge is -2.38. The summed E-state index contributed by atoms with van der Waals surface area (Å²) in [5, 5.41) is 2.93. The molecule has 6 heteroatoms. The van der Waals surface area contributed by atoms with Crippen LogP contribution in [0.25, 0.3) is 0 Å². The predicted octanol–water partition coefficient (Wildman–Crippen LogP) is 3.61.